The summed E-state index contributed by atoms with van der Waals surface area (Å²) in [6.45, 7) is 2.27. The molecule has 2 heterocycles. The molecule has 1 aliphatic carbocycles. The van der Waals surface area contributed by atoms with Gasteiger partial charge in [0.05, 0.1) is 12.4 Å². The van der Waals surface area contributed by atoms with Crippen molar-refractivity contribution >= 4 is 0 Å². The summed E-state index contributed by atoms with van der Waals surface area (Å²) in [5, 5.41) is 4.15. The van der Waals surface area contributed by atoms with Crippen molar-refractivity contribution in [2.75, 3.05) is 0 Å². The summed E-state index contributed by atoms with van der Waals surface area (Å²) < 4.78 is 5.36. The van der Waals surface area contributed by atoms with Crippen molar-refractivity contribution in [1.29, 1.82) is 0 Å². The molecule has 0 radical (unpaired) electrons. The number of nitrogens with one attached hydrogen (secondary N) is 1. The van der Waals surface area contributed by atoms with Crippen molar-refractivity contribution in [2.45, 2.75) is 57.4 Å². The third-order valence-corrected chi connectivity index (χ3v) is 4.56. The highest BCUT2D eigenvalue weighted by atomic mass is 16.5. The fraction of sp³-hybridized carbons (Fsp3) is 0.667. The Bertz CT molecular complexity index is 542. The molecule has 2 aromatic heterocycles. The third kappa shape index (κ3) is 3.32. The van der Waals surface area contributed by atoms with Gasteiger partial charge in [0, 0.05) is 24.2 Å². The summed E-state index contributed by atoms with van der Waals surface area (Å²) in [6, 6.07) is -0.279. The van der Waals surface area contributed by atoms with Crippen LogP contribution >= 0.6 is 0 Å². The molecule has 6 nitrogen and oxygen atoms in total. The second-order valence-electron chi connectivity index (χ2n) is 6.00. The van der Waals surface area contributed by atoms with Crippen LogP contribution in [0, 0.1) is 5.92 Å². The molecular weight excluding hydrogens is 266 g/mol. The first-order valence-corrected chi connectivity index (χ1v) is 7.82. The first kappa shape index (κ1) is 14.3. The molecule has 21 heavy (non-hydrogen) atoms. The molecule has 114 valence electrons. The van der Waals surface area contributed by atoms with E-state index in [2.05, 4.69) is 27.0 Å². The Morgan fingerprint density at radius 1 is 1.38 bits per heavy atom. The molecule has 1 aliphatic rings. The number of H-pyrrole nitrogens is 1. The number of hydrogen-bond donors (Lipinski definition) is 2. The standard InChI is InChI=1S/C15H23N5O/c1-2-10-3-5-11(6-4-10)14-19-15(21-20-14)13(16)7-12-8-17-9-18-12/h8-11,13H,2-7,16H2,1H3,(H,17,18)/t10?,11?,13-/m1/s1. The molecule has 1 fully saturated rings. The van der Waals surface area contributed by atoms with Gasteiger partial charge in [0.2, 0.25) is 5.89 Å². The molecular formula is C15H23N5O. The van der Waals surface area contributed by atoms with Gasteiger partial charge in [0.15, 0.2) is 5.82 Å². The van der Waals surface area contributed by atoms with Crippen molar-refractivity contribution in [3.8, 4) is 0 Å². The average Bonchev–Trinajstić information content (AvgIpc) is 3.18. The van der Waals surface area contributed by atoms with E-state index in [9.17, 15) is 0 Å². The summed E-state index contributed by atoms with van der Waals surface area (Å²) >= 11 is 0. The van der Waals surface area contributed by atoms with E-state index in [4.69, 9.17) is 10.3 Å². The Balaban J connectivity index is 1.61. The molecule has 1 atom stereocenters. The van der Waals surface area contributed by atoms with E-state index in [1.54, 1.807) is 12.5 Å². The van der Waals surface area contributed by atoms with Crippen molar-refractivity contribution in [3.63, 3.8) is 0 Å². The zero-order chi connectivity index (χ0) is 14.7. The maximum atomic E-state index is 6.13. The van der Waals surface area contributed by atoms with E-state index in [0.29, 0.717) is 18.2 Å². The van der Waals surface area contributed by atoms with Crippen LogP contribution in [0.3, 0.4) is 0 Å². The minimum Gasteiger partial charge on any atom is -0.348 e. The number of imidazole rings is 1. The Hall–Kier alpha value is -1.69. The summed E-state index contributed by atoms with van der Waals surface area (Å²) in [6.07, 6.45) is 10.2. The summed E-state index contributed by atoms with van der Waals surface area (Å²) in [5.41, 5.74) is 7.11. The van der Waals surface area contributed by atoms with Crippen LogP contribution in [0.15, 0.2) is 17.0 Å². The van der Waals surface area contributed by atoms with Crippen LogP contribution in [0.1, 0.15) is 68.4 Å². The predicted molar refractivity (Wildman–Crippen MR) is 78.5 cm³/mol. The van der Waals surface area contributed by atoms with E-state index in [0.717, 1.165) is 30.3 Å². The van der Waals surface area contributed by atoms with Crippen LogP contribution in [0.2, 0.25) is 0 Å². The summed E-state index contributed by atoms with van der Waals surface area (Å²) in [4.78, 5) is 11.6. The highest BCUT2D eigenvalue weighted by molar-refractivity contribution is 5.04. The third-order valence-electron chi connectivity index (χ3n) is 4.56. The van der Waals surface area contributed by atoms with E-state index < -0.39 is 0 Å². The Morgan fingerprint density at radius 2 is 2.19 bits per heavy atom. The van der Waals surface area contributed by atoms with Gasteiger partial charge in [0.25, 0.3) is 0 Å². The Labute approximate surface area is 124 Å². The fourth-order valence-electron chi connectivity index (χ4n) is 3.11. The van der Waals surface area contributed by atoms with Gasteiger partial charge in [-0.05, 0) is 31.6 Å². The predicted octanol–water partition coefficient (Wildman–Crippen LogP) is 2.72. The fourth-order valence-corrected chi connectivity index (χ4v) is 3.11. The van der Waals surface area contributed by atoms with Crippen molar-refractivity contribution in [2.24, 2.45) is 11.7 Å². The van der Waals surface area contributed by atoms with Gasteiger partial charge in [-0.25, -0.2) is 4.98 Å². The van der Waals surface area contributed by atoms with Crippen LogP contribution in [0.25, 0.3) is 0 Å². The van der Waals surface area contributed by atoms with Crippen LogP contribution < -0.4 is 5.73 Å². The second-order valence-corrected chi connectivity index (χ2v) is 6.00. The number of nitrogens with two attached hydrogens (primary N) is 1. The summed E-state index contributed by atoms with van der Waals surface area (Å²) in [7, 11) is 0. The van der Waals surface area contributed by atoms with Gasteiger partial charge in [-0.2, -0.15) is 4.98 Å². The number of rotatable bonds is 5. The maximum Gasteiger partial charge on any atom is 0.243 e. The molecule has 0 unspecified atom stereocenters. The lowest BCUT2D eigenvalue weighted by Crippen LogP contribution is -2.15. The molecule has 0 amide bonds. The lowest BCUT2D eigenvalue weighted by Gasteiger charge is -2.25. The molecule has 6 heteroatoms. The van der Waals surface area contributed by atoms with Crippen molar-refractivity contribution in [3.05, 3.63) is 29.9 Å². The molecule has 3 N–H and O–H groups in total. The lowest BCUT2D eigenvalue weighted by molar-refractivity contribution is 0.301. The van der Waals surface area contributed by atoms with Crippen LogP contribution in [-0.4, -0.2) is 20.1 Å². The molecule has 0 saturated heterocycles. The largest absolute Gasteiger partial charge is 0.348 e. The molecule has 2 aromatic rings. The van der Waals surface area contributed by atoms with Crippen LogP contribution in [-0.2, 0) is 6.42 Å². The minimum absolute atomic E-state index is 0.279. The Morgan fingerprint density at radius 3 is 2.86 bits per heavy atom. The van der Waals surface area contributed by atoms with Gasteiger partial charge in [-0.1, -0.05) is 18.5 Å². The SMILES string of the molecule is CCC1CCC(c2noc([C@H](N)Cc3cnc[nH]3)n2)CC1. The highest BCUT2D eigenvalue weighted by Crippen LogP contribution is 2.35. The van der Waals surface area contributed by atoms with E-state index in [1.807, 2.05) is 0 Å². The first-order chi connectivity index (χ1) is 10.3. The number of hydrogen-bond acceptors (Lipinski definition) is 5. The quantitative estimate of drug-likeness (QED) is 0.882. The van der Waals surface area contributed by atoms with Gasteiger partial charge >= 0.3 is 0 Å². The Kier molecular flexibility index (Phi) is 4.34. The molecule has 0 aromatic carbocycles. The van der Waals surface area contributed by atoms with E-state index in [1.165, 1.54) is 19.3 Å². The first-order valence-electron chi connectivity index (χ1n) is 7.82. The van der Waals surface area contributed by atoms with Crippen LogP contribution in [0.4, 0.5) is 0 Å². The number of nitrogens with zero attached hydrogens (tertiary/aromatic N) is 3. The van der Waals surface area contributed by atoms with Gasteiger partial charge < -0.3 is 15.2 Å². The van der Waals surface area contributed by atoms with Crippen molar-refractivity contribution in [1.82, 2.24) is 20.1 Å². The van der Waals surface area contributed by atoms with E-state index >= 15 is 0 Å². The smallest absolute Gasteiger partial charge is 0.243 e. The van der Waals surface area contributed by atoms with Gasteiger partial charge in [-0.15, -0.1) is 0 Å². The maximum absolute atomic E-state index is 6.13. The van der Waals surface area contributed by atoms with Crippen LogP contribution in [0.5, 0.6) is 0 Å². The molecule has 0 bridgehead atoms. The molecule has 0 aliphatic heterocycles. The van der Waals surface area contributed by atoms with E-state index in [-0.39, 0.29) is 6.04 Å². The normalized spacial score (nSPS) is 24.1. The van der Waals surface area contributed by atoms with Gasteiger partial charge in [-0.3, -0.25) is 0 Å². The number of aromatic amines is 1. The van der Waals surface area contributed by atoms with Gasteiger partial charge in [0.1, 0.15) is 0 Å². The molecule has 3 rings (SSSR count). The van der Waals surface area contributed by atoms with Crippen molar-refractivity contribution < 1.29 is 4.52 Å². The highest BCUT2D eigenvalue weighted by Gasteiger charge is 2.26. The topological polar surface area (TPSA) is 93.6 Å². The summed E-state index contributed by atoms with van der Waals surface area (Å²) in [5.74, 6) is 2.66. The molecule has 1 saturated carbocycles. The minimum atomic E-state index is -0.279. The number of aromatic nitrogens is 4. The zero-order valence-corrected chi connectivity index (χ0v) is 12.5. The average molecular weight is 289 g/mol. The second kappa shape index (κ2) is 6.39. The molecule has 0 spiro atoms. The lowest BCUT2D eigenvalue weighted by atomic mass is 9.80. The zero-order valence-electron chi connectivity index (χ0n) is 12.5. The monoisotopic (exact) mass is 289 g/mol.